The standard InChI is InChI=1S/C5H6N2.C2H6/c6-5-2-1-3-7-4-5;1-2/h1-4H,6H2;1-2H3. The Morgan fingerprint density at radius 3 is 2.33 bits per heavy atom. The lowest BCUT2D eigenvalue weighted by atomic mass is 10.4. The van der Waals surface area contributed by atoms with Gasteiger partial charge in [-0.25, -0.2) is 0 Å². The van der Waals surface area contributed by atoms with Crippen LogP contribution in [0.3, 0.4) is 0 Å². The van der Waals surface area contributed by atoms with Gasteiger partial charge in [0.05, 0.1) is 5.69 Å². The molecule has 1 heterocycles. The van der Waals surface area contributed by atoms with Gasteiger partial charge >= 0.3 is 0 Å². The molecule has 0 saturated carbocycles. The van der Waals surface area contributed by atoms with E-state index in [1.54, 1.807) is 24.5 Å². The van der Waals surface area contributed by atoms with Gasteiger partial charge in [0, 0.05) is 12.4 Å². The molecule has 0 spiro atoms. The summed E-state index contributed by atoms with van der Waals surface area (Å²) < 4.78 is 0. The molecule has 1 aromatic rings. The van der Waals surface area contributed by atoms with Crippen LogP contribution in [0.4, 0.5) is 5.69 Å². The van der Waals surface area contributed by atoms with E-state index in [1.165, 1.54) is 0 Å². The lowest BCUT2D eigenvalue weighted by Gasteiger charge is -1.83. The predicted octanol–water partition coefficient (Wildman–Crippen LogP) is 1.69. The van der Waals surface area contributed by atoms with Crippen molar-refractivity contribution in [3.63, 3.8) is 0 Å². The molecular formula is C7H12N2. The third-order valence-corrected chi connectivity index (χ3v) is 0.684. The Balaban J connectivity index is 0.000000291. The zero-order valence-electron chi connectivity index (χ0n) is 5.83. The molecule has 0 aromatic carbocycles. The molecule has 2 N–H and O–H groups in total. The average Bonchev–Trinajstić information content (AvgIpc) is 1.94. The first-order valence-electron chi connectivity index (χ1n) is 3.05. The number of aromatic nitrogens is 1. The van der Waals surface area contributed by atoms with Crippen molar-refractivity contribution in [2.45, 2.75) is 13.8 Å². The fraction of sp³-hybridized carbons (Fsp3) is 0.286. The van der Waals surface area contributed by atoms with Gasteiger partial charge in [0.2, 0.25) is 0 Å². The monoisotopic (exact) mass is 124 g/mol. The van der Waals surface area contributed by atoms with Crippen LogP contribution in [0.5, 0.6) is 0 Å². The smallest absolute Gasteiger partial charge is 0.0500 e. The van der Waals surface area contributed by atoms with Crippen molar-refractivity contribution in [1.29, 1.82) is 0 Å². The summed E-state index contributed by atoms with van der Waals surface area (Å²) in [6.07, 6.45) is 3.30. The summed E-state index contributed by atoms with van der Waals surface area (Å²) in [4.78, 5) is 3.76. The minimum absolute atomic E-state index is 0.711. The predicted molar refractivity (Wildman–Crippen MR) is 40.0 cm³/mol. The van der Waals surface area contributed by atoms with Crippen LogP contribution in [0, 0.1) is 0 Å². The number of pyridine rings is 1. The third kappa shape index (κ3) is 3.53. The molecule has 9 heavy (non-hydrogen) atoms. The zero-order chi connectivity index (χ0) is 7.11. The summed E-state index contributed by atoms with van der Waals surface area (Å²) in [6, 6.07) is 3.60. The summed E-state index contributed by atoms with van der Waals surface area (Å²) in [7, 11) is 0. The van der Waals surface area contributed by atoms with Gasteiger partial charge in [0.1, 0.15) is 0 Å². The number of nitrogens with zero attached hydrogens (tertiary/aromatic N) is 1. The summed E-state index contributed by atoms with van der Waals surface area (Å²) >= 11 is 0. The Morgan fingerprint density at radius 2 is 2.11 bits per heavy atom. The van der Waals surface area contributed by atoms with Gasteiger partial charge < -0.3 is 5.73 Å². The Labute approximate surface area is 55.7 Å². The maximum atomic E-state index is 5.30. The molecule has 0 aliphatic carbocycles. The van der Waals surface area contributed by atoms with Crippen LogP contribution >= 0.6 is 0 Å². The molecule has 0 bridgehead atoms. The topological polar surface area (TPSA) is 38.9 Å². The van der Waals surface area contributed by atoms with Gasteiger partial charge in [-0.1, -0.05) is 13.8 Å². The van der Waals surface area contributed by atoms with E-state index in [4.69, 9.17) is 5.73 Å². The Bertz CT molecular complexity index is 137. The molecule has 0 fully saturated rings. The first-order valence-corrected chi connectivity index (χ1v) is 3.05. The summed E-state index contributed by atoms with van der Waals surface area (Å²) in [6.45, 7) is 4.00. The van der Waals surface area contributed by atoms with E-state index >= 15 is 0 Å². The number of anilines is 1. The van der Waals surface area contributed by atoms with Crippen molar-refractivity contribution in [3.05, 3.63) is 24.5 Å². The molecule has 0 aliphatic heterocycles. The van der Waals surface area contributed by atoms with Crippen LogP contribution in [0.1, 0.15) is 13.8 Å². The highest BCUT2D eigenvalue weighted by Gasteiger charge is 1.73. The molecular weight excluding hydrogens is 112 g/mol. The second kappa shape index (κ2) is 5.09. The molecule has 0 aliphatic rings. The molecule has 0 radical (unpaired) electrons. The highest BCUT2D eigenvalue weighted by Crippen LogP contribution is 1.92. The number of rotatable bonds is 0. The second-order valence-electron chi connectivity index (χ2n) is 1.29. The van der Waals surface area contributed by atoms with Crippen LogP contribution in [-0.4, -0.2) is 4.98 Å². The lowest BCUT2D eigenvalue weighted by molar-refractivity contribution is 1.33. The minimum Gasteiger partial charge on any atom is -0.397 e. The van der Waals surface area contributed by atoms with Crippen molar-refractivity contribution < 1.29 is 0 Å². The van der Waals surface area contributed by atoms with Crippen molar-refractivity contribution in [2.24, 2.45) is 0 Å². The maximum Gasteiger partial charge on any atom is 0.0500 e. The van der Waals surface area contributed by atoms with Gasteiger partial charge in [-0.2, -0.15) is 0 Å². The summed E-state index contributed by atoms with van der Waals surface area (Å²) in [5.74, 6) is 0. The van der Waals surface area contributed by atoms with Crippen LogP contribution in [0.15, 0.2) is 24.5 Å². The molecule has 1 aromatic heterocycles. The molecule has 0 saturated heterocycles. The van der Waals surface area contributed by atoms with E-state index in [-0.39, 0.29) is 0 Å². The fourth-order valence-corrected chi connectivity index (χ4v) is 0.376. The van der Waals surface area contributed by atoms with E-state index in [0.717, 1.165) is 0 Å². The number of nitrogens with two attached hydrogens (primary N) is 1. The van der Waals surface area contributed by atoms with E-state index in [2.05, 4.69) is 4.98 Å². The Hall–Kier alpha value is -1.05. The average molecular weight is 124 g/mol. The molecule has 0 amide bonds. The van der Waals surface area contributed by atoms with Crippen molar-refractivity contribution >= 4 is 5.69 Å². The third-order valence-electron chi connectivity index (χ3n) is 0.684. The molecule has 2 heteroatoms. The first kappa shape index (κ1) is 7.95. The fourth-order valence-electron chi connectivity index (χ4n) is 0.376. The van der Waals surface area contributed by atoms with Gasteiger partial charge in [0.25, 0.3) is 0 Å². The number of hydrogen-bond donors (Lipinski definition) is 1. The number of nitrogen functional groups attached to an aromatic ring is 1. The van der Waals surface area contributed by atoms with Gasteiger partial charge in [-0.05, 0) is 12.1 Å². The molecule has 2 nitrogen and oxygen atoms in total. The van der Waals surface area contributed by atoms with E-state index in [1.807, 2.05) is 13.8 Å². The van der Waals surface area contributed by atoms with Crippen LogP contribution < -0.4 is 5.73 Å². The van der Waals surface area contributed by atoms with Crippen molar-refractivity contribution in [3.8, 4) is 0 Å². The van der Waals surface area contributed by atoms with Gasteiger partial charge in [-0.3, -0.25) is 4.98 Å². The molecule has 1 rings (SSSR count). The van der Waals surface area contributed by atoms with E-state index < -0.39 is 0 Å². The molecule has 0 unspecified atom stereocenters. The second-order valence-corrected chi connectivity index (χ2v) is 1.29. The Morgan fingerprint density at radius 1 is 1.44 bits per heavy atom. The number of hydrogen-bond acceptors (Lipinski definition) is 2. The van der Waals surface area contributed by atoms with Gasteiger partial charge in [-0.15, -0.1) is 0 Å². The summed E-state index contributed by atoms with van der Waals surface area (Å²) in [5, 5.41) is 0. The highest BCUT2D eigenvalue weighted by atomic mass is 14.7. The highest BCUT2D eigenvalue weighted by molar-refractivity contribution is 5.32. The quantitative estimate of drug-likeness (QED) is 0.571. The normalized spacial score (nSPS) is 7.33. The zero-order valence-corrected chi connectivity index (χ0v) is 5.83. The van der Waals surface area contributed by atoms with Gasteiger partial charge in [0.15, 0.2) is 0 Å². The van der Waals surface area contributed by atoms with Crippen molar-refractivity contribution in [1.82, 2.24) is 4.98 Å². The molecule has 0 atom stereocenters. The first-order chi connectivity index (χ1) is 4.39. The Kier molecular flexibility index (Phi) is 4.50. The van der Waals surface area contributed by atoms with Crippen LogP contribution in [0.2, 0.25) is 0 Å². The summed E-state index contributed by atoms with van der Waals surface area (Å²) in [5.41, 5.74) is 6.01. The largest absolute Gasteiger partial charge is 0.397 e. The maximum absolute atomic E-state index is 5.30. The SMILES string of the molecule is CC.Nc1cccnc1. The van der Waals surface area contributed by atoms with Crippen LogP contribution in [0.25, 0.3) is 0 Å². The van der Waals surface area contributed by atoms with E-state index in [0.29, 0.717) is 5.69 Å². The van der Waals surface area contributed by atoms with E-state index in [9.17, 15) is 0 Å². The minimum atomic E-state index is 0.711. The van der Waals surface area contributed by atoms with Crippen LogP contribution in [-0.2, 0) is 0 Å². The van der Waals surface area contributed by atoms with Crippen molar-refractivity contribution in [2.75, 3.05) is 5.73 Å². The lowest BCUT2D eigenvalue weighted by Crippen LogP contribution is -1.82. The molecule has 50 valence electrons.